The van der Waals surface area contributed by atoms with Gasteiger partial charge < -0.3 is 34.5 Å². The lowest BCUT2D eigenvalue weighted by Gasteiger charge is -2.45. The predicted octanol–water partition coefficient (Wildman–Crippen LogP) is 9.00. The number of ketones is 1. The third-order valence-electron chi connectivity index (χ3n) is 12.9. The van der Waals surface area contributed by atoms with E-state index in [0.29, 0.717) is 65.9 Å². The number of benzene rings is 4. The highest BCUT2D eigenvalue weighted by Gasteiger charge is 2.43. The Balaban J connectivity index is 1.20. The summed E-state index contributed by atoms with van der Waals surface area (Å²) >= 11 is 12.8. The number of carbonyl (C=O) groups excluding carboxylic acids is 4. The molecule has 0 spiro atoms. The van der Waals surface area contributed by atoms with Crippen molar-refractivity contribution in [2.75, 3.05) is 26.8 Å². The van der Waals surface area contributed by atoms with Crippen molar-refractivity contribution in [1.82, 2.24) is 30.0 Å². The zero-order chi connectivity index (χ0) is 47.9. The van der Waals surface area contributed by atoms with Crippen molar-refractivity contribution < 1.29 is 28.7 Å². The van der Waals surface area contributed by atoms with E-state index in [4.69, 9.17) is 32.7 Å². The van der Waals surface area contributed by atoms with Gasteiger partial charge in [0.25, 0.3) is 0 Å². The van der Waals surface area contributed by atoms with Gasteiger partial charge in [-0.1, -0.05) is 71.7 Å². The molecule has 12 nitrogen and oxygen atoms in total. The van der Waals surface area contributed by atoms with Gasteiger partial charge in [-0.05, 0) is 113 Å². The van der Waals surface area contributed by atoms with E-state index in [1.807, 2.05) is 97.0 Å². The molecule has 2 fully saturated rings. The van der Waals surface area contributed by atoms with E-state index in [1.54, 1.807) is 25.1 Å². The predicted molar refractivity (Wildman–Crippen MR) is 262 cm³/mol. The van der Waals surface area contributed by atoms with Gasteiger partial charge in [0.1, 0.15) is 17.3 Å². The fraction of sp³-hybridized carbons (Fsp3) is 0.415. The van der Waals surface area contributed by atoms with Gasteiger partial charge in [-0.25, -0.2) is 4.98 Å². The number of nitrogens with zero attached hydrogens (tertiary/aromatic N) is 4. The molecule has 4 aromatic carbocycles. The number of fused-ring (bicyclic) bond motifs is 2. The lowest BCUT2D eigenvalue weighted by atomic mass is 9.81. The largest absolute Gasteiger partial charge is 0.457 e. The zero-order valence-corrected chi connectivity index (χ0v) is 40.8. The minimum absolute atomic E-state index is 0.0127. The van der Waals surface area contributed by atoms with Crippen molar-refractivity contribution in [3.63, 3.8) is 0 Å². The Morgan fingerprint density at radius 3 is 2.30 bits per heavy atom. The van der Waals surface area contributed by atoms with E-state index in [1.165, 1.54) is 12.0 Å². The molecule has 0 radical (unpaired) electrons. The molecule has 67 heavy (non-hydrogen) atoms. The number of halogens is 2. The zero-order valence-electron chi connectivity index (χ0n) is 39.3. The first-order valence-electron chi connectivity index (χ1n) is 23.0. The number of carbonyl (C=O) groups is 4. The second-order valence-corrected chi connectivity index (χ2v) is 20.0. The number of piperidine rings is 1. The Kier molecular flexibility index (Phi) is 15.9. The molecule has 2 saturated heterocycles. The normalized spacial score (nSPS) is 21.0. The molecule has 0 aliphatic carbocycles. The van der Waals surface area contributed by atoms with E-state index in [2.05, 4.69) is 41.0 Å². The van der Waals surface area contributed by atoms with Crippen LogP contribution in [0, 0.1) is 11.8 Å². The topological polar surface area (TPSA) is 135 Å². The van der Waals surface area contributed by atoms with Crippen LogP contribution in [0.15, 0.2) is 103 Å². The average molecular weight is 950 g/mol. The van der Waals surface area contributed by atoms with Crippen LogP contribution >= 0.6 is 23.2 Å². The summed E-state index contributed by atoms with van der Waals surface area (Å²) in [7, 11) is 3.49. The first kappa shape index (κ1) is 49.4. The number of aromatic nitrogens is 2. The summed E-state index contributed by atoms with van der Waals surface area (Å²) in [6.07, 6.45) is 3.54. The lowest BCUT2D eigenvalue weighted by Crippen LogP contribution is -2.63. The standard InChI is InChI=1S/C53H62Cl2N6O6/c1-35-46(62)26-41(33-66-6)50(64)58-53(29-37-13-18-42(54)19-14-37)23-10-24-60(34-53)51(65)40(25-36-11-8-7-9-12-36)27-49(63)61(35)32-39-15-20-43(55)28-47(39)67-44-21-16-38(17-22-44)45-30-56-48(59(45)5)31-57-52(2,3)4/h7-9,11-22,28,30,35,40-41,57H,10,23-27,29,31-34H2,1-6H3,(H,58,64)/t35-,40+,41-,53+/m0/s1. The van der Waals surface area contributed by atoms with E-state index in [-0.39, 0.29) is 61.6 Å². The molecule has 5 aromatic rings. The Labute approximate surface area is 404 Å². The molecule has 0 saturated carbocycles. The number of methoxy groups -OCH3 is 1. The first-order valence-corrected chi connectivity index (χ1v) is 23.8. The van der Waals surface area contributed by atoms with Crippen LogP contribution in [0.25, 0.3) is 11.3 Å². The number of amides is 3. The van der Waals surface area contributed by atoms with E-state index in [0.717, 1.165) is 28.2 Å². The van der Waals surface area contributed by atoms with Crippen LogP contribution in [-0.2, 0) is 56.9 Å². The van der Waals surface area contributed by atoms with Crippen LogP contribution in [0.3, 0.4) is 0 Å². The summed E-state index contributed by atoms with van der Waals surface area (Å²) in [5.74, 6) is -0.965. The molecule has 14 heteroatoms. The number of hydrogen-bond acceptors (Lipinski definition) is 8. The van der Waals surface area contributed by atoms with Crippen LogP contribution in [0.5, 0.6) is 11.5 Å². The van der Waals surface area contributed by atoms with Gasteiger partial charge >= 0.3 is 0 Å². The second kappa shape index (κ2) is 21.6. The van der Waals surface area contributed by atoms with E-state index in [9.17, 15) is 14.4 Å². The smallest absolute Gasteiger partial charge is 0.226 e. The molecule has 3 amide bonds. The molecule has 4 atom stereocenters. The van der Waals surface area contributed by atoms with Gasteiger partial charge in [0.05, 0.1) is 55.0 Å². The monoisotopic (exact) mass is 948 g/mol. The Hall–Kier alpha value is -5.53. The summed E-state index contributed by atoms with van der Waals surface area (Å²) in [5, 5.41) is 7.85. The van der Waals surface area contributed by atoms with Crippen molar-refractivity contribution >= 4 is 46.7 Å². The van der Waals surface area contributed by atoms with E-state index >= 15 is 4.79 Å². The van der Waals surface area contributed by atoms with Gasteiger partial charge in [-0.15, -0.1) is 0 Å². The van der Waals surface area contributed by atoms with Crippen molar-refractivity contribution in [2.24, 2.45) is 18.9 Å². The Morgan fingerprint density at radius 1 is 0.881 bits per heavy atom. The molecule has 0 unspecified atom stereocenters. The average Bonchev–Trinajstić information content (AvgIpc) is 3.67. The summed E-state index contributed by atoms with van der Waals surface area (Å²) in [4.78, 5) is 66.9. The highest BCUT2D eigenvalue weighted by atomic mass is 35.5. The van der Waals surface area contributed by atoms with Gasteiger partial charge in [0.15, 0.2) is 5.78 Å². The molecular weight excluding hydrogens is 888 g/mol. The SMILES string of the molecule is COC[C@@H]1CC(=O)[C@H](C)N(Cc2ccc(Cl)cc2Oc2ccc(-c3cnc(CNC(C)(C)C)n3C)cc2)C(=O)C[C@@H](Cc2ccccc2)C(=O)N2CCC[C@@](Cc3ccc(Cl)cc3)(C2)NC1=O. The summed E-state index contributed by atoms with van der Waals surface area (Å²) in [5.41, 5.74) is 3.48. The number of imidazole rings is 1. The minimum atomic E-state index is -0.983. The van der Waals surface area contributed by atoms with E-state index < -0.39 is 23.4 Å². The molecule has 2 aliphatic rings. The van der Waals surface area contributed by atoms with Gasteiger partial charge in [0.2, 0.25) is 17.7 Å². The Bertz CT molecular complexity index is 2530. The van der Waals surface area contributed by atoms with Crippen LogP contribution in [0.4, 0.5) is 0 Å². The van der Waals surface area contributed by atoms with Crippen molar-refractivity contribution in [3.05, 3.63) is 136 Å². The van der Waals surface area contributed by atoms with Crippen LogP contribution in [-0.4, -0.2) is 86.8 Å². The molecule has 2 aliphatic heterocycles. The fourth-order valence-corrected chi connectivity index (χ4v) is 9.43. The maximum absolute atomic E-state index is 15.0. The quantitative estimate of drug-likeness (QED) is 0.120. The van der Waals surface area contributed by atoms with Gasteiger partial charge in [-0.3, -0.25) is 19.2 Å². The number of hydrogen-bond donors (Lipinski definition) is 2. The third-order valence-corrected chi connectivity index (χ3v) is 13.4. The summed E-state index contributed by atoms with van der Waals surface area (Å²) < 4.78 is 14.1. The molecular formula is C53H62Cl2N6O6. The van der Waals surface area contributed by atoms with Gasteiger partial charge in [-0.2, -0.15) is 0 Å². The molecule has 7 rings (SSSR count). The Morgan fingerprint density at radius 2 is 1.60 bits per heavy atom. The molecule has 2 N–H and O–H groups in total. The van der Waals surface area contributed by atoms with Crippen molar-refractivity contribution in [1.29, 1.82) is 0 Å². The van der Waals surface area contributed by atoms with Crippen LogP contribution in [0.2, 0.25) is 10.0 Å². The van der Waals surface area contributed by atoms with Gasteiger partial charge in [0, 0.05) is 66.8 Å². The number of nitrogens with one attached hydrogen (secondary N) is 2. The van der Waals surface area contributed by atoms with Crippen molar-refractivity contribution in [2.45, 2.75) is 96.4 Å². The summed E-state index contributed by atoms with van der Waals surface area (Å²) in [6.45, 7) is 9.32. The molecule has 2 bridgehead atoms. The third kappa shape index (κ3) is 12.7. The minimum Gasteiger partial charge on any atom is -0.457 e. The van der Waals surface area contributed by atoms with Crippen LogP contribution < -0.4 is 15.4 Å². The lowest BCUT2D eigenvalue weighted by molar-refractivity contribution is -0.147. The maximum atomic E-state index is 15.0. The van der Waals surface area contributed by atoms with Crippen LogP contribution in [0.1, 0.15) is 75.9 Å². The molecule has 1 aromatic heterocycles. The fourth-order valence-electron chi connectivity index (χ4n) is 9.14. The summed E-state index contributed by atoms with van der Waals surface area (Å²) in [6, 6.07) is 29.0. The number of rotatable bonds is 13. The second-order valence-electron chi connectivity index (χ2n) is 19.1. The number of ether oxygens (including phenoxy) is 2. The highest BCUT2D eigenvalue weighted by molar-refractivity contribution is 6.31. The number of Topliss-reactive ketones (excluding diaryl/α,β-unsaturated/α-hetero) is 1. The highest BCUT2D eigenvalue weighted by Crippen LogP contribution is 2.34. The maximum Gasteiger partial charge on any atom is 0.226 e. The first-order chi connectivity index (χ1) is 32.0. The van der Waals surface area contributed by atoms with Crippen molar-refractivity contribution in [3.8, 4) is 22.8 Å². The molecule has 354 valence electrons. The molecule has 3 heterocycles.